The van der Waals surface area contributed by atoms with Gasteiger partial charge in [-0.1, -0.05) is 48.0 Å². The SMILES string of the molecule is Cc1ccc(-n2nnnc2CNC(=O)Cc2ccccc2)cc1. The van der Waals surface area contributed by atoms with E-state index in [1.54, 1.807) is 4.68 Å². The third kappa shape index (κ3) is 3.79. The quantitative estimate of drug-likeness (QED) is 0.780. The molecule has 0 saturated carbocycles. The van der Waals surface area contributed by atoms with Crippen LogP contribution in [0.3, 0.4) is 0 Å². The topological polar surface area (TPSA) is 72.7 Å². The Labute approximate surface area is 134 Å². The number of nitrogens with zero attached hydrogens (tertiary/aromatic N) is 4. The zero-order chi connectivity index (χ0) is 16.1. The molecule has 0 bridgehead atoms. The van der Waals surface area contributed by atoms with Gasteiger partial charge in [0.15, 0.2) is 5.82 Å². The molecule has 1 aromatic heterocycles. The van der Waals surface area contributed by atoms with Gasteiger partial charge in [-0.3, -0.25) is 4.79 Å². The van der Waals surface area contributed by atoms with Crippen LogP contribution in [0.15, 0.2) is 54.6 Å². The molecular formula is C17H17N5O. The Hall–Kier alpha value is -3.02. The number of hydrogen-bond donors (Lipinski definition) is 1. The molecule has 0 aliphatic carbocycles. The van der Waals surface area contributed by atoms with Gasteiger partial charge in [0.05, 0.1) is 18.7 Å². The van der Waals surface area contributed by atoms with Gasteiger partial charge in [-0.05, 0) is 35.0 Å². The van der Waals surface area contributed by atoms with Crippen LogP contribution in [-0.4, -0.2) is 26.1 Å². The molecule has 1 N–H and O–H groups in total. The largest absolute Gasteiger partial charge is 0.348 e. The van der Waals surface area contributed by atoms with Crippen LogP contribution in [0.4, 0.5) is 0 Å². The van der Waals surface area contributed by atoms with Crippen molar-refractivity contribution in [3.63, 3.8) is 0 Å². The standard InChI is InChI=1S/C17H17N5O/c1-13-7-9-15(10-8-13)22-16(19-20-21-22)12-18-17(23)11-14-5-3-2-4-6-14/h2-10H,11-12H2,1H3,(H,18,23). The lowest BCUT2D eigenvalue weighted by molar-refractivity contribution is -0.120. The number of aromatic nitrogens is 4. The molecule has 116 valence electrons. The summed E-state index contributed by atoms with van der Waals surface area (Å²) in [5.41, 5.74) is 3.01. The Morgan fingerprint density at radius 2 is 1.83 bits per heavy atom. The molecule has 6 heteroatoms. The van der Waals surface area contributed by atoms with Crippen molar-refractivity contribution in [2.45, 2.75) is 19.9 Å². The monoisotopic (exact) mass is 307 g/mol. The van der Waals surface area contributed by atoms with Crippen molar-refractivity contribution in [2.75, 3.05) is 0 Å². The average Bonchev–Trinajstić information content (AvgIpc) is 3.03. The highest BCUT2D eigenvalue weighted by Gasteiger charge is 2.10. The van der Waals surface area contributed by atoms with Gasteiger partial charge in [0.25, 0.3) is 0 Å². The third-order valence-corrected chi connectivity index (χ3v) is 3.46. The molecule has 0 unspecified atom stereocenters. The highest BCUT2D eigenvalue weighted by Crippen LogP contribution is 2.09. The van der Waals surface area contributed by atoms with Gasteiger partial charge in [-0.2, -0.15) is 4.68 Å². The average molecular weight is 307 g/mol. The summed E-state index contributed by atoms with van der Waals surface area (Å²) in [5, 5.41) is 14.5. The van der Waals surface area contributed by atoms with Crippen LogP contribution in [0.2, 0.25) is 0 Å². The van der Waals surface area contributed by atoms with Gasteiger partial charge in [-0.25, -0.2) is 0 Å². The molecule has 0 aliphatic heterocycles. The molecule has 0 fully saturated rings. The molecule has 3 rings (SSSR count). The number of carbonyl (C=O) groups excluding carboxylic acids is 1. The predicted octanol–water partition coefficient (Wildman–Crippen LogP) is 1.83. The summed E-state index contributed by atoms with van der Waals surface area (Å²) >= 11 is 0. The fourth-order valence-corrected chi connectivity index (χ4v) is 2.22. The number of amides is 1. The molecule has 0 aliphatic rings. The Balaban J connectivity index is 1.64. The number of rotatable bonds is 5. The lowest BCUT2D eigenvalue weighted by Gasteiger charge is -2.07. The number of hydrogen-bond acceptors (Lipinski definition) is 4. The van der Waals surface area contributed by atoms with E-state index in [-0.39, 0.29) is 12.5 Å². The summed E-state index contributed by atoms with van der Waals surface area (Å²) in [6.45, 7) is 2.31. The van der Waals surface area contributed by atoms with Crippen LogP contribution in [-0.2, 0) is 17.8 Å². The van der Waals surface area contributed by atoms with Crippen LogP contribution in [0.1, 0.15) is 17.0 Å². The first-order valence-electron chi connectivity index (χ1n) is 7.37. The smallest absolute Gasteiger partial charge is 0.224 e. The van der Waals surface area contributed by atoms with Gasteiger partial charge >= 0.3 is 0 Å². The van der Waals surface area contributed by atoms with E-state index in [0.717, 1.165) is 11.3 Å². The summed E-state index contributed by atoms with van der Waals surface area (Å²) in [7, 11) is 0. The normalized spacial score (nSPS) is 10.5. The molecule has 23 heavy (non-hydrogen) atoms. The van der Waals surface area contributed by atoms with Gasteiger partial charge in [0, 0.05) is 0 Å². The first kappa shape index (κ1) is 14.9. The summed E-state index contributed by atoms with van der Waals surface area (Å²) in [6.07, 6.45) is 0.340. The van der Waals surface area contributed by atoms with E-state index in [9.17, 15) is 4.79 Å². The molecule has 1 amide bonds. The van der Waals surface area contributed by atoms with Crippen molar-refractivity contribution < 1.29 is 4.79 Å². The van der Waals surface area contributed by atoms with Gasteiger partial charge < -0.3 is 5.32 Å². The van der Waals surface area contributed by atoms with E-state index in [0.29, 0.717) is 12.2 Å². The third-order valence-electron chi connectivity index (χ3n) is 3.46. The van der Waals surface area contributed by atoms with E-state index in [2.05, 4.69) is 20.8 Å². The molecule has 0 saturated heterocycles. The fourth-order valence-electron chi connectivity index (χ4n) is 2.22. The maximum Gasteiger partial charge on any atom is 0.224 e. The second kappa shape index (κ2) is 6.83. The highest BCUT2D eigenvalue weighted by atomic mass is 16.1. The van der Waals surface area contributed by atoms with E-state index >= 15 is 0 Å². The lowest BCUT2D eigenvalue weighted by atomic mass is 10.1. The van der Waals surface area contributed by atoms with Crippen LogP contribution in [0, 0.1) is 6.92 Å². The molecule has 2 aromatic carbocycles. The number of carbonyl (C=O) groups is 1. The molecule has 0 radical (unpaired) electrons. The Morgan fingerprint density at radius 3 is 2.57 bits per heavy atom. The van der Waals surface area contributed by atoms with Crippen LogP contribution < -0.4 is 5.32 Å². The Kier molecular flexibility index (Phi) is 4.42. The van der Waals surface area contributed by atoms with Crippen molar-refractivity contribution in [3.8, 4) is 5.69 Å². The molecule has 0 atom stereocenters. The molecule has 0 spiro atoms. The minimum absolute atomic E-state index is 0.0605. The second-order valence-corrected chi connectivity index (χ2v) is 5.28. The Morgan fingerprint density at radius 1 is 1.09 bits per heavy atom. The maximum absolute atomic E-state index is 12.0. The highest BCUT2D eigenvalue weighted by molar-refractivity contribution is 5.78. The van der Waals surface area contributed by atoms with E-state index < -0.39 is 0 Å². The summed E-state index contributed by atoms with van der Waals surface area (Å²) in [6, 6.07) is 17.5. The van der Waals surface area contributed by atoms with Gasteiger partial charge in [0.2, 0.25) is 5.91 Å². The maximum atomic E-state index is 12.0. The molecule has 3 aromatic rings. The van der Waals surface area contributed by atoms with Crippen molar-refractivity contribution >= 4 is 5.91 Å². The van der Waals surface area contributed by atoms with Crippen LogP contribution >= 0.6 is 0 Å². The zero-order valence-corrected chi connectivity index (χ0v) is 12.8. The zero-order valence-electron chi connectivity index (χ0n) is 12.8. The first-order valence-corrected chi connectivity index (χ1v) is 7.37. The summed E-state index contributed by atoms with van der Waals surface area (Å²) in [5.74, 6) is 0.532. The van der Waals surface area contributed by atoms with E-state index in [1.165, 1.54) is 5.56 Å². The van der Waals surface area contributed by atoms with Gasteiger partial charge in [-0.15, -0.1) is 5.10 Å². The number of tetrazole rings is 1. The van der Waals surface area contributed by atoms with Gasteiger partial charge in [0.1, 0.15) is 0 Å². The number of nitrogens with one attached hydrogen (secondary N) is 1. The predicted molar refractivity (Wildman–Crippen MR) is 85.9 cm³/mol. The minimum atomic E-state index is -0.0605. The number of aryl methyl sites for hydroxylation is 1. The van der Waals surface area contributed by atoms with E-state index in [1.807, 2.05) is 61.5 Å². The Bertz CT molecular complexity index is 780. The van der Waals surface area contributed by atoms with Crippen molar-refractivity contribution in [2.24, 2.45) is 0 Å². The van der Waals surface area contributed by atoms with Crippen LogP contribution in [0.25, 0.3) is 5.69 Å². The molecule has 6 nitrogen and oxygen atoms in total. The lowest BCUT2D eigenvalue weighted by Crippen LogP contribution is -2.26. The summed E-state index contributed by atoms with van der Waals surface area (Å²) in [4.78, 5) is 12.0. The van der Waals surface area contributed by atoms with Crippen molar-refractivity contribution in [1.82, 2.24) is 25.5 Å². The molecular weight excluding hydrogens is 290 g/mol. The fraction of sp³-hybridized carbons (Fsp3) is 0.176. The van der Waals surface area contributed by atoms with Crippen LogP contribution in [0.5, 0.6) is 0 Å². The van der Waals surface area contributed by atoms with E-state index in [4.69, 9.17) is 0 Å². The first-order chi connectivity index (χ1) is 11.2. The molecule has 1 heterocycles. The second-order valence-electron chi connectivity index (χ2n) is 5.28. The number of benzene rings is 2. The minimum Gasteiger partial charge on any atom is -0.348 e. The van der Waals surface area contributed by atoms with Crippen molar-refractivity contribution in [3.05, 3.63) is 71.5 Å². The summed E-state index contributed by atoms with van der Waals surface area (Å²) < 4.78 is 1.63. The van der Waals surface area contributed by atoms with Crippen molar-refractivity contribution in [1.29, 1.82) is 0 Å².